The van der Waals surface area contributed by atoms with Crippen LogP contribution in [0.25, 0.3) is 0 Å². The number of ether oxygens (including phenoxy) is 2. The Morgan fingerprint density at radius 2 is 1.41 bits per heavy atom. The van der Waals surface area contributed by atoms with Crippen LogP contribution < -0.4 is 4.74 Å². The summed E-state index contributed by atoms with van der Waals surface area (Å²) in [6.45, 7) is 19.2. The number of benzene rings is 1. The van der Waals surface area contributed by atoms with E-state index in [4.69, 9.17) is 14.0 Å². The van der Waals surface area contributed by atoms with Crippen LogP contribution >= 0.6 is 7.60 Å². The van der Waals surface area contributed by atoms with Crippen LogP contribution in [0.3, 0.4) is 0 Å². The normalized spacial score (nSPS) is 15.0. The number of carbonyl (C=O) groups is 1. The van der Waals surface area contributed by atoms with Crippen molar-refractivity contribution in [2.75, 3.05) is 6.61 Å². The lowest BCUT2D eigenvalue weighted by Crippen LogP contribution is -2.28. The number of rotatable bonds is 5. The Kier molecular flexibility index (Phi) is 7.78. The third-order valence-electron chi connectivity index (χ3n) is 4.05. The molecule has 1 unspecified atom stereocenters. The maximum Gasteiger partial charge on any atom is 0.514 e. The van der Waals surface area contributed by atoms with Crippen molar-refractivity contribution in [2.45, 2.75) is 91.8 Å². The summed E-state index contributed by atoms with van der Waals surface area (Å²) >= 11 is 0. The Labute approximate surface area is 175 Å². The summed E-state index contributed by atoms with van der Waals surface area (Å²) in [7, 11) is -3.76. The highest BCUT2D eigenvalue weighted by atomic mass is 31.2. The predicted octanol–water partition coefficient (Wildman–Crippen LogP) is 6.32. The molecule has 0 aliphatic heterocycles. The molecular formula is C22H37O6P. The molecule has 0 spiro atoms. The van der Waals surface area contributed by atoms with Gasteiger partial charge in [0.05, 0.1) is 12.8 Å². The Balaban J connectivity index is 3.60. The molecule has 1 atom stereocenters. The Bertz CT molecular complexity index is 743. The van der Waals surface area contributed by atoms with Gasteiger partial charge >= 0.3 is 13.8 Å². The van der Waals surface area contributed by atoms with Gasteiger partial charge in [0.15, 0.2) is 0 Å². The summed E-state index contributed by atoms with van der Waals surface area (Å²) < 4.78 is 28.5. The van der Waals surface area contributed by atoms with E-state index in [0.29, 0.717) is 11.3 Å². The van der Waals surface area contributed by atoms with E-state index in [1.807, 2.05) is 53.7 Å². The molecule has 6 nitrogen and oxygen atoms in total. The third-order valence-corrected chi connectivity index (χ3v) is 5.48. The lowest BCUT2D eigenvalue weighted by molar-refractivity contribution is 0.0199. The zero-order valence-corrected chi connectivity index (χ0v) is 20.4. The molecule has 0 bridgehead atoms. The van der Waals surface area contributed by atoms with Crippen LogP contribution in [0, 0.1) is 0 Å². The topological polar surface area (TPSA) is 82.1 Å². The highest BCUT2D eigenvalue weighted by Gasteiger charge is 2.32. The predicted molar refractivity (Wildman–Crippen MR) is 116 cm³/mol. The first-order valence-electron chi connectivity index (χ1n) is 9.91. The van der Waals surface area contributed by atoms with Crippen molar-refractivity contribution < 1.29 is 28.3 Å². The zero-order valence-electron chi connectivity index (χ0n) is 19.5. The van der Waals surface area contributed by atoms with E-state index >= 15 is 0 Å². The fraction of sp³-hybridized carbons (Fsp3) is 0.682. The minimum atomic E-state index is -3.76. The lowest BCUT2D eigenvalue weighted by Gasteiger charge is -2.30. The minimum Gasteiger partial charge on any atom is -0.428 e. The van der Waals surface area contributed by atoms with Crippen molar-refractivity contribution in [3.8, 4) is 5.75 Å². The second kappa shape index (κ2) is 8.79. The van der Waals surface area contributed by atoms with Gasteiger partial charge < -0.3 is 18.9 Å². The van der Waals surface area contributed by atoms with Crippen LogP contribution in [0.15, 0.2) is 12.1 Å². The van der Waals surface area contributed by atoms with Crippen molar-refractivity contribution >= 4 is 13.8 Å². The molecule has 1 N–H and O–H groups in total. The van der Waals surface area contributed by atoms with E-state index in [2.05, 4.69) is 0 Å². The smallest absolute Gasteiger partial charge is 0.428 e. The van der Waals surface area contributed by atoms with E-state index in [-0.39, 0.29) is 23.6 Å². The van der Waals surface area contributed by atoms with Gasteiger partial charge in [-0.2, -0.15) is 0 Å². The van der Waals surface area contributed by atoms with E-state index < -0.39 is 19.4 Å². The standard InChI is InChI=1S/C22H37O6P/c1-11-26-29(24,25)14-15-12-16(20(2,3)4)18(17(13-15)21(5,6)7)27-19(23)28-22(8,9)10/h12-13H,11,14H2,1-10H3,(H,24,25). The van der Waals surface area contributed by atoms with Gasteiger partial charge in [0, 0.05) is 11.1 Å². The number of hydrogen-bond acceptors (Lipinski definition) is 5. The monoisotopic (exact) mass is 428 g/mol. The van der Waals surface area contributed by atoms with Gasteiger partial charge in [-0.1, -0.05) is 53.7 Å². The lowest BCUT2D eigenvalue weighted by atomic mass is 9.78. The third kappa shape index (κ3) is 8.12. The molecule has 0 saturated carbocycles. The van der Waals surface area contributed by atoms with Crippen LogP contribution in [0.2, 0.25) is 0 Å². The van der Waals surface area contributed by atoms with Gasteiger partial charge in [-0.15, -0.1) is 0 Å². The van der Waals surface area contributed by atoms with Crippen LogP contribution in [0.4, 0.5) is 4.79 Å². The van der Waals surface area contributed by atoms with Gasteiger partial charge in [0.1, 0.15) is 11.4 Å². The Hall–Kier alpha value is -1.36. The quantitative estimate of drug-likeness (QED) is 0.336. The van der Waals surface area contributed by atoms with Crippen LogP contribution in [0.1, 0.15) is 85.9 Å². The van der Waals surface area contributed by atoms with Gasteiger partial charge in [-0.3, -0.25) is 4.57 Å². The molecule has 1 aromatic carbocycles. The van der Waals surface area contributed by atoms with Crippen LogP contribution in [0.5, 0.6) is 5.75 Å². The van der Waals surface area contributed by atoms with Gasteiger partial charge in [-0.05, 0) is 44.1 Å². The van der Waals surface area contributed by atoms with Crippen molar-refractivity contribution in [3.05, 3.63) is 28.8 Å². The minimum absolute atomic E-state index is 0.111. The largest absolute Gasteiger partial charge is 0.514 e. The second-order valence-electron chi connectivity index (χ2n) is 10.3. The Morgan fingerprint density at radius 1 is 0.966 bits per heavy atom. The highest BCUT2D eigenvalue weighted by Crippen LogP contribution is 2.48. The van der Waals surface area contributed by atoms with Gasteiger partial charge in [0.25, 0.3) is 0 Å². The molecule has 0 aromatic heterocycles. The number of carbonyl (C=O) groups excluding carboxylic acids is 1. The summed E-state index contributed by atoms with van der Waals surface area (Å²) in [6.07, 6.45) is -0.886. The van der Waals surface area contributed by atoms with Crippen molar-refractivity contribution in [1.82, 2.24) is 0 Å². The first kappa shape index (κ1) is 25.7. The maximum atomic E-state index is 12.4. The summed E-state index contributed by atoms with van der Waals surface area (Å²) in [5, 5.41) is 0. The molecule has 0 saturated heterocycles. The van der Waals surface area contributed by atoms with Crippen molar-refractivity contribution in [3.63, 3.8) is 0 Å². The van der Waals surface area contributed by atoms with Crippen LogP contribution in [-0.4, -0.2) is 23.3 Å². The SMILES string of the molecule is CCOP(=O)(O)Cc1cc(C(C)(C)C)c(OC(=O)OC(C)(C)C)c(C(C)(C)C)c1. The summed E-state index contributed by atoms with van der Waals surface area (Å²) in [6, 6.07) is 3.63. The second-order valence-corrected chi connectivity index (χ2v) is 12.1. The van der Waals surface area contributed by atoms with Crippen LogP contribution in [-0.2, 0) is 30.8 Å². The molecule has 1 aromatic rings. The van der Waals surface area contributed by atoms with Gasteiger partial charge in [-0.25, -0.2) is 4.79 Å². The molecule has 1 rings (SSSR count). The van der Waals surface area contributed by atoms with E-state index in [1.165, 1.54) is 0 Å². The average Bonchev–Trinajstić information content (AvgIpc) is 2.43. The number of hydrogen-bond donors (Lipinski definition) is 1. The molecule has 0 radical (unpaired) electrons. The van der Waals surface area contributed by atoms with Crippen molar-refractivity contribution in [2.24, 2.45) is 0 Å². The molecule has 0 fully saturated rings. The zero-order chi connectivity index (χ0) is 22.8. The Morgan fingerprint density at radius 3 is 1.76 bits per heavy atom. The molecule has 0 amide bonds. The fourth-order valence-corrected chi connectivity index (χ4v) is 3.98. The summed E-state index contributed by atoms with van der Waals surface area (Å²) in [4.78, 5) is 22.6. The van der Waals surface area contributed by atoms with E-state index in [0.717, 1.165) is 11.1 Å². The van der Waals surface area contributed by atoms with E-state index in [9.17, 15) is 14.3 Å². The molecule has 7 heteroatoms. The molecule has 29 heavy (non-hydrogen) atoms. The first-order valence-corrected chi connectivity index (χ1v) is 11.7. The summed E-state index contributed by atoms with van der Waals surface area (Å²) in [5.74, 6) is 0.437. The molecule has 166 valence electrons. The van der Waals surface area contributed by atoms with Crippen molar-refractivity contribution in [1.29, 1.82) is 0 Å². The maximum absolute atomic E-state index is 12.4. The highest BCUT2D eigenvalue weighted by molar-refractivity contribution is 7.51. The first-order chi connectivity index (χ1) is 12.9. The average molecular weight is 429 g/mol. The van der Waals surface area contributed by atoms with Gasteiger partial charge in [0.2, 0.25) is 0 Å². The summed E-state index contributed by atoms with van der Waals surface area (Å²) in [5.41, 5.74) is 0.763. The molecule has 0 heterocycles. The fourth-order valence-electron chi connectivity index (χ4n) is 2.84. The molecular weight excluding hydrogens is 391 g/mol. The molecule has 0 aliphatic rings. The van der Waals surface area contributed by atoms with E-state index in [1.54, 1.807) is 27.7 Å². The molecule has 0 aliphatic carbocycles.